The maximum Gasteiger partial charge on any atom is 0.0930 e. The van der Waals surface area contributed by atoms with E-state index in [4.69, 9.17) is 56.1 Å². The first kappa shape index (κ1) is 21.5. The van der Waals surface area contributed by atoms with Gasteiger partial charge >= 0.3 is 0 Å². The highest BCUT2D eigenvalue weighted by molar-refractivity contribution is 6.43. The van der Waals surface area contributed by atoms with E-state index < -0.39 is 6.10 Å². The third-order valence-corrected chi connectivity index (χ3v) is 6.96. The van der Waals surface area contributed by atoms with Crippen LogP contribution < -0.4 is 0 Å². The van der Waals surface area contributed by atoms with E-state index in [9.17, 15) is 5.11 Å². The van der Waals surface area contributed by atoms with Crippen molar-refractivity contribution in [1.82, 2.24) is 9.88 Å². The summed E-state index contributed by atoms with van der Waals surface area (Å²) in [6.45, 7) is 3.34. The molecule has 1 unspecified atom stereocenters. The Morgan fingerprint density at radius 1 is 0.871 bits per heavy atom. The van der Waals surface area contributed by atoms with Crippen LogP contribution in [0, 0.1) is 0 Å². The standard InChI is InChI=1S/C23H18Cl4N2O2/c24-13-8-16-21(20(30)11-29-3-5-31-6-4-29)14-2-1-12-7-17(25)18(26)10-15(12)22(14)28-23(16)19(27)9-13/h1-2,7-10,20,30H,3-6,11H2. The lowest BCUT2D eigenvalue weighted by Crippen LogP contribution is -2.38. The number of ether oxygens (including phenoxy) is 1. The Balaban J connectivity index is 1.80. The molecule has 1 saturated heterocycles. The lowest BCUT2D eigenvalue weighted by molar-refractivity contribution is 0.0148. The number of aromatic nitrogens is 1. The number of rotatable bonds is 3. The van der Waals surface area contributed by atoms with Gasteiger partial charge in [0.1, 0.15) is 0 Å². The molecular formula is C23H18Cl4N2O2. The normalized spacial score (nSPS) is 16.4. The maximum atomic E-state index is 11.4. The molecule has 0 amide bonds. The predicted octanol–water partition coefficient (Wildman–Crippen LogP) is 6.52. The molecule has 0 aliphatic carbocycles. The summed E-state index contributed by atoms with van der Waals surface area (Å²) in [7, 11) is 0. The van der Waals surface area contributed by atoms with Gasteiger partial charge in [-0.25, -0.2) is 4.98 Å². The van der Waals surface area contributed by atoms with Gasteiger partial charge in [-0.15, -0.1) is 0 Å². The van der Waals surface area contributed by atoms with Crippen LogP contribution in [-0.4, -0.2) is 47.8 Å². The molecule has 1 aromatic heterocycles. The summed E-state index contributed by atoms with van der Waals surface area (Å²) in [6.07, 6.45) is -0.763. The molecule has 31 heavy (non-hydrogen) atoms. The third-order valence-electron chi connectivity index (χ3n) is 5.73. The van der Waals surface area contributed by atoms with Crippen LogP contribution in [0.25, 0.3) is 32.6 Å². The number of aliphatic hydroxyl groups excluding tert-OH is 1. The number of fused-ring (bicyclic) bond motifs is 4. The largest absolute Gasteiger partial charge is 0.387 e. The Kier molecular flexibility index (Phi) is 5.91. The summed E-state index contributed by atoms with van der Waals surface area (Å²) >= 11 is 25.4. The van der Waals surface area contributed by atoms with Crippen LogP contribution in [-0.2, 0) is 4.74 Å². The Morgan fingerprint density at radius 3 is 2.39 bits per heavy atom. The topological polar surface area (TPSA) is 45.6 Å². The van der Waals surface area contributed by atoms with Gasteiger partial charge in [0.15, 0.2) is 0 Å². The SMILES string of the molecule is OC(CN1CCOCC1)c1c2cc(Cl)cc(Cl)c2nc2c1ccc1cc(Cl)c(Cl)cc12. The summed E-state index contributed by atoms with van der Waals surface area (Å²) in [5.74, 6) is 0. The van der Waals surface area contributed by atoms with Gasteiger partial charge in [0.25, 0.3) is 0 Å². The third kappa shape index (κ3) is 3.96. The van der Waals surface area contributed by atoms with Crippen LogP contribution in [0.15, 0.2) is 36.4 Å². The molecule has 1 aliphatic heterocycles. The highest BCUT2D eigenvalue weighted by Gasteiger charge is 2.23. The average molecular weight is 496 g/mol. The minimum atomic E-state index is -0.763. The van der Waals surface area contributed by atoms with Crippen molar-refractivity contribution in [3.63, 3.8) is 0 Å². The summed E-state index contributed by atoms with van der Waals surface area (Å²) in [5.41, 5.74) is 2.06. The smallest absolute Gasteiger partial charge is 0.0930 e. The fourth-order valence-electron chi connectivity index (χ4n) is 4.26. The minimum absolute atomic E-state index is 0.432. The molecular weight excluding hydrogens is 478 g/mol. The Morgan fingerprint density at radius 2 is 1.61 bits per heavy atom. The van der Waals surface area contributed by atoms with E-state index in [2.05, 4.69) is 4.90 Å². The van der Waals surface area contributed by atoms with Crippen molar-refractivity contribution < 1.29 is 9.84 Å². The number of hydrogen-bond acceptors (Lipinski definition) is 4. The Bertz CT molecular complexity index is 1320. The molecule has 0 radical (unpaired) electrons. The molecule has 8 heteroatoms. The molecule has 1 aliphatic rings. The van der Waals surface area contributed by atoms with Gasteiger partial charge < -0.3 is 9.84 Å². The summed E-state index contributed by atoms with van der Waals surface area (Å²) < 4.78 is 5.44. The first-order valence-corrected chi connectivity index (χ1v) is 11.4. The predicted molar refractivity (Wildman–Crippen MR) is 129 cm³/mol. The minimum Gasteiger partial charge on any atom is -0.387 e. The molecule has 1 fully saturated rings. The second-order valence-electron chi connectivity index (χ2n) is 7.69. The number of morpholine rings is 1. The zero-order chi connectivity index (χ0) is 21.7. The van der Waals surface area contributed by atoms with Crippen LogP contribution in [0.1, 0.15) is 11.7 Å². The molecule has 0 saturated carbocycles. The maximum absolute atomic E-state index is 11.4. The molecule has 160 valence electrons. The van der Waals surface area contributed by atoms with Crippen molar-refractivity contribution >= 4 is 79.0 Å². The molecule has 0 spiro atoms. The zero-order valence-electron chi connectivity index (χ0n) is 16.3. The van der Waals surface area contributed by atoms with Crippen LogP contribution in [0.2, 0.25) is 20.1 Å². The van der Waals surface area contributed by atoms with Gasteiger partial charge in [-0.05, 0) is 29.7 Å². The Hall–Kier alpha value is -1.37. The number of halogens is 4. The number of hydrogen-bond donors (Lipinski definition) is 1. The molecule has 1 atom stereocenters. The summed E-state index contributed by atoms with van der Waals surface area (Å²) in [6, 6.07) is 11.0. The number of aliphatic hydroxyl groups is 1. The van der Waals surface area contributed by atoms with E-state index in [1.54, 1.807) is 6.07 Å². The van der Waals surface area contributed by atoms with Crippen LogP contribution in [0.3, 0.4) is 0 Å². The lowest BCUT2D eigenvalue weighted by atomic mass is 9.95. The molecule has 4 aromatic rings. The zero-order valence-corrected chi connectivity index (χ0v) is 19.4. The van der Waals surface area contributed by atoms with E-state index in [-0.39, 0.29) is 0 Å². The van der Waals surface area contributed by atoms with Gasteiger partial charge in [0, 0.05) is 46.4 Å². The average Bonchev–Trinajstić information content (AvgIpc) is 2.74. The van der Waals surface area contributed by atoms with Gasteiger partial charge in [-0.1, -0.05) is 58.5 Å². The highest BCUT2D eigenvalue weighted by atomic mass is 35.5. The number of β-amino-alcohol motifs (C(OH)–C–C–N with tert-alkyl or cyclic N) is 1. The van der Waals surface area contributed by atoms with Gasteiger partial charge in [-0.3, -0.25) is 4.90 Å². The number of pyridine rings is 1. The second kappa shape index (κ2) is 8.53. The fraction of sp³-hybridized carbons (Fsp3) is 0.261. The molecule has 2 heterocycles. The van der Waals surface area contributed by atoms with Crippen LogP contribution >= 0.6 is 46.4 Å². The summed E-state index contributed by atoms with van der Waals surface area (Å²) in [4.78, 5) is 7.06. The first-order valence-electron chi connectivity index (χ1n) is 9.90. The first-order chi connectivity index (χ1) is 14.9. The quantitative estimate of drug-likeness (QED) is 0.259. The fourth-order valence-corrected chi connectivity index (χ4v) is 5.13. The van der Waals surface area contributed by atoms with E-state index in [0.29, 0.717) is 50.9 Å². The van der Waals surface area contributed by atoms with Crippen molar-refractivity contribution in [2.75, 3.05) is 32.8 Å². The number of benzene rings is 3. The second-order valence-corrected chi connectivity index (χ2v) is 9.35. The van der Waals surface area contributed by atoms with Crippen LogP contribution in [0.4, 0.5) is 0 Å². The molecule has 4 nitrogen and oxygen atoms in total. The van der Waals surface area contributed by atoms with E-state index in [1.807, 2.05) is 30.3 Å². The van der Waals surface area contributed by atoms with Crippen molar-refractivity contribution in [2.45, 2.75) is 6.10 Å². The van der Waals surface area contributed by atoms with Crippen molar-refractivity contribution in [3.05, 3.63) is 62.1 Å². The van der Waals surface area contributed by atoms with Crippen LogP contribution in [0.5, 0.6) is 0 Å². The van der Waals surface area contributed by atoms with E-state index in [0.717, 1.165) is 40.2 Å². The highest BCUT2D eigenvalue weighted by Crippen LogP contribution is 2.40. The molecule has 1 N–H and O–H groups in total. The molecule has 5 rings (SSSR count). The summed E-state index contributed by atoms with van der Waals surface area (Å²) in [5, 5.41) is 16.6. The van der Waals surface area contributed by atoms with Crippen molar-refractivity contribution in [1.29, 1.82) is 0 Å². The van der Waals surface area contributed by atoms with Gasteiger partial charge in [0.2, 0.25) is 0 Å². The number of nitrogens with zero attached hydrogens (tertiary/aromatic N) is 2. The van der Waals surface area contributed by atoms with Gasteiger partial charge in [-0.2, -0.15) is 0 Å². The van der Waals surface area contributed by atoms with Crippen molar-refractivity contribution in [3.8, 4) is 0 Å². The van der Waals surface area contributed by atoms with Crippen molar-refractivity contribution in [2.24, 2.45) is 0 Å². The van der Waals surface area contributed by atoms with E-state index in [1.165, 1.54) is 0 Å². The molecule has 0 bridgehead atoms. The lowest BCUT2D eigenvalue weighted by Gasteiger charge is -2.29. The monoisotopic (exact) mass is 494 g/mol. The van der Waals surface area contributed by atoms with E-state index >= 15 is 0 Å². The van der Waals surface area contributed by atoms with Gasteiger partial charge in [0.05, 0.1) is 45.4 Å². The molecule has 3 aromatic carbocycles. The Labute approximate surface area is 199 Å².